The molecule has 0 aliphatic carbocycles. The summed E-state index contributed by atoms with van der Waals surface area (Å²) in [4.78, 5) is 14.7. The second kappa shape index (κ2) is 6.30. The van der Waals surface area contributed by atoms with Crippen molar-refractivity contribution in [1.82, 2.24) is 9.80 Å². The van der Waals surface area contributed by atoms with Gasteiger partial charge in [-0.15, -0.1) is 0 Å². The number of halogens is 3. The van der Waals surface area contributed by atoms with Gasteiger partial charge in [-0.25, -0.2) is 0 Å². The van der Waals surface area contributed by atoms with Crippen LogP contribution in [0, 0.1) is 5.92 Å². The Kier molecular flexibility index (Phi) is 4.90. The predicted octanol–water partition coefficient (Wildman–Crippen LogP) is 1.81. The first-order valence-electron chi connectivity index (χ1n) is 7.14. The summed E-state index contributed by atoms with van der Waals surface area (Å²) in [5.74, 6) is -4.05. The van der Waals surface area contributed by atoms with Crippen LogP contribution in [0.1, 0.15) is 25.7 Å². The lowest BCUT2D eigenvalue weighted by atomic mass is 10.1. The fraction of sp³-hybridized carbons (Fsp3) is 0.923. The number of piperidine rings is 1. The van der Waals surface area contributed by atoms with Gasteiger partial charge in [0.05, 0.1) is 0 Å². The molecule has 0 aromatic rings. The van der Waals surface area contributed by atoms with Crippen molar-refractivity contribution in [1.29, 1.82) is 0 Å². The molecule has 2 atom stereocenters. The highest BCUT2D eigenvalue weighted by molar-refractivity contribution is 5.71. The largest absolute Gasteiger partial charge is 0.481 e. The van der Waals surface area contributed by atoms with Crippen molar-refractivity contribution in [3.05, 3.63) is 0 Å². The van der Waals surface area contributed by atoms with E-state index < -0.39 is 24.6 Å². The molecule has 2 rings (SSSR count). The molecule has 2 heterocycles. The maximum Gasteiger partial charge on any atom is 0.403 e. The van der Waals surface area contributed by atoms with Crippen molar-refractivity contribution >= 4 is 5.97 Å². The molecule has 4 nitrogen and oxygen atoms in total. The van der Waals surface area contributed by atoms with E-state index in [4.69, 9.17) is 5.11 Å². The zero-order valence-electron chi connectivity index (χ0n) is 11.4. The van der Waals surface area contributed by atoms with Crippen molar-refractivity contribution in [2.75, 3.05) is 32.7 Å². The summed E-state index contributed by atoms with van der Waals surface area (Å²) in [7, 11) is 0. The Balaban J connectivity index is 1.87. The Morgan fingerprint density at radius 3 is 2.40 bits per heavy atom. The summed E-state index contributed by atoms with van der Waals surface area (Å²) in [5.41, 5.74) is 0. The van der Waals surface area contributed by atoms with Gasteiger partial charge in [-0.3, -0.25) is 9.69 Å². The molecular weight excluding hydrogens is 273 g/mol. The van der Waals surface area contributed by atoms with E-state index in [0.717, 1.165) is 32.4 Å². The molecule has 2 aliphatic rings. The van der Waals surface area contributed by atoms with E-state index in [1.807, 2.05) is 0 Å². The number of hydrogen-bond donors (Lipinski definition) is 1. The van der Waals surface area contributed by atoms with E-state index in [2.05, 4.69) is 4.90 Å². The minimum absolute atomic E-state index is 0.290. The maximum absolute atomic E-state index is 12.7. The Hall–Kier alpha value is -0.820. The van der Waals surface area contributed by atoms with Crippen LogP contribution in [0.3, 0.4) is 0 Å². The molecular formula is C13H21F3N2O2. The summed E-state index contributed by atoms with van der Waals surface area (Å²) in [6, 6.07) is 0.290. The maximum atomic E-state index is 12.7. The first-order valence-corrected chi connectivity index (χ1v) is 7.14. The molecule has 1 N–H and O–H groups in total. The van der Waals surface area contributed by atoms with E-state index in [9.17, 15) is 18.0 Å². The number of carbonyl (C=O) groups is 1. The van der Waals surface area contributed by atoms with Crippen LogP contribution in [0.25, 0.3) is 0 Å². The fourth-order valence-corrected chi connectivity index (χ4v) is 3.14. The number of nitrogens with zero attached hydrogens (tertiary/aromatic N) is 2. The van der Waals surface area contributed by atoms with Crippen LogP contribution in [-0.2, 0) is 4.79 Å². The Labute approximate surface area is 116 Å². The monoisotopic (exact) mass is 294 g/mol. The quantitative estimate of drug-likeness (QED) is 0.859. The third-order valence-corrected chi connectivity index (χ3v) is 4.29. The molecule has 20 heavy (non-hydrogen) atoms. The molecule has 0 saturated carbocycles. The standard InChI is InChI=1S/C13H21F3N2O2/c14-13(15,16)11(12(19)20)9-17-7-4-10(8-17)18-5-2-1-3-6-18/h10-11H,1-9H2,(H,19,20). The van der Waals surface area contributed by atoms with Crippen LogP contribution < -0.4 is 0 Å². The van der Waals surface area contributed by atoms with Crippen LogP contribution in [0.2, 0.25) is 0 Å². The van der Waals surface area contributed by atoms with Crippen LogP contribution in [0.4, 0.5) is 13.2 Å². The third-order valence-electron chi connectivity index (χ3n) is 4.29. The normalized spacial score (nSPS) is 27.6. The molecule has 2 aliphatic heterocycles. The lowest BCUT2D eigenvalue weighted by Crippen LogP contribution is -2.43. The lowest BCUT2D eigenvalue weighted by Gasteiger charge is -2.32. The summed E-state index contributed by atoms with van der Waals surface area (Å²) in [5, 5.41) is 8.73. The minimum atomic E-state index is -4.67. The van der Waals surface area contributed by atoms with E-state index >= 15 is 0 Å². The van der Waals surface area contributed by atoms with Gasteiger partial charge in [-0.1, -0.05) is 6.42 Å². The van der Waals surface area contributed by atoms with Gasteiger partial charge < -0.3 is 10.0 Å². The topological polar surface area (TPSA) is 43.8 Å². The number of carboxylic acids is 1. The zero-order valence-corrected chi connectivity index (χ0v) is 11.4. The SMILES string of the molecule is O=C(O)C(CN1CCC(N2CCCCC2)C1)C(F)(F)F. The van der Waals surface area contributed by atoms with Gasteiger partial charge in [0.15, 0.2) is 5.92 Å². The summed E-state index contributed by atoms with van der Waals surface area (Å²) < 4.78 is 38.0. The van der Waals surface area contributed by atoms with E-state index in [-0.39, 0.29) is 6.04 Å². The molecule has 0 bridgehead atoms. The highest BCUT2D eigenvalue weighted by atomic mass is 19.4. The van der Waals surface area contributed by atoms with Crippen molar-refractivity contribution < 1.29 is 23.1 Å². The van der Waals surface area contributed by atoms with Gasteiger partial charge in [0.25, 0.3) is 0 Å². The van der Waals surface area contributed by atoms with Gasteiger partial charge in [-0.05, 0) is 38.9 Å². The highest BCUT2D eigenvalue weighted by Crippen LogP contribution is 2.29. The van der Waals surface area contributed by atoms with Crippen LogP contribution >= 0.6 is 0 Å². The van der Waals surface area contributed by atoms with Gasteiger partial charge >= 0.3 is 12.1 Å². The predicted molar refractivity (Wildman–Crippen MR) is 67.4 cm³/mol. The van der Waals surface area contributed by atoms with E-state index in [1.54, 1.807) is 4.90 Å². The Morgan fingerprint density at radius 2 is 1.85 bits per heavy atom. The number of carboxylic acid groups (broad SMARTS) is 1. The van der Waals surface area contributed by atoms with Gasteiger partial charge in [0.1, 0.15) is 0 Å². The smallest absolute Gasteiger partial charge is 0.403 e. The van der Waals surface area contributed by atoms with Crippen molar-refractivity contribution in [3.63, 3.8) is 0 Å². The van der Waals surface area contributed by atoms with Crippen molar-refractivity contribution in [3.8, 4) is 0 Å². The lowest BCUT2D eigenvalue weighted by molar-refractivity contribution is -0.196. The summed E-state index contributed by atoms with van der Waals surface area (Å²) in [6.45, 7) is 2.71. The first-order chi connectivity index (χ1) is 9.38. The van der Waals surface area contributed by atoms with Crippen molar-refractivity contribution in [2.45, 2.75) is 37.9 Å². The molecule has 2 unspecified atom stereocenters. The zero-order chi connectivity index (χ0) is 14.8. The van der Waals surface area contributed by atoms with E-state index in [0.29, 0.717) is 13.1 Å². The molecule has 116 valence electrons. The van der Waals surface area contributed by atoms with Gasteiger partial charge in [0, 0.05) is 19.1 Å². The second-order valence-electron chi connectivity index (χ2n) is 5.73. The van der Waals surface area contributed by atoms with Crippen LogP contribution in [-0.4, -0.2) is 65.8 Å². The highest BCUT2D eigenvalue weighted by Gasteiger charge is 2.46. The molecule has 0 aromatic carbocycles. The van der Waals surface area contributed by atoms with Crippen LogP contribution in [0.15, 0.2) is 0 Å². The Morgan fingerprint density at radius 1 is 1.20 bits per heavy atom. The second-order valence-corrected chi connectivity index (χ2v) is 5.73. The number of hydrogen-bond acceptors (Lipinski definition) is 3. The number of aliphatic carboxylic acids is 1. The van der Waals surface area contributed by atoms with Crippen LogP contribution in [0.5, 0.6) is 0 Å². The van der Waals surface area contributed by atoms with Crippen molar-refractivity contribution in [2.24, 2.45) is 5.92 Å². The molecule has 0 aromatic heterocycles. The third kappa shape index (κ3) is 3.85. The fourth-order valence-electron chi connectivity index (χ4n) is 3.14. The average molecular weight is 294 g/mol. The van der Waals surface area contributed by atoms with Gasteiger partial charge in [-0.2, -0.15) is 13.2 Å². The summed E-state index contributed by atoms with van der Waals surface area (Å²) >= 11 is 0. The number of rotatable bonds is 4. The minimum Gasteiger partial charge on any atom is -0.481 e. The Bertz CT molecular complexity index is 343. The molecule has 2 fully saturated rings. The molecule has 7 heteroatoms. The van der Waals surface area contributed by atoms with E-state index in [1.165, 1.54) is 6.42 Å². The molecule has 0 radical (unpaired) electrons. The number of alkyl halides is 3. The first kappa shape index (κ1) is 15.6. The summed E-state index contributed by atoms with van der Waals surface area (Å²) in [6.07, 6.45) is -0.311. The molecule has 0 amide bonds. The number of likely N-dealkylation sites (tertiary alicyclic amines) is 2. The molecule has 2 saturated heterocycles. The average Bonchev–Trinajstić information content (AvgIpc) is 2.84. The van der Waals surface area contributed by atoms with Gasteiger partial charge in [0.2, 0.25) is 0 Å². The molecule has 0 spiro atoms.